The van der Waals surface area contributed by atoms with Gasteiger partial charge in [-0.25, -0.2) is 0 Å². The Hall–Kier alpha value is -2.25. The van der Waals surface area contributed by atoms with Gasteiger partial charge in [0.1, 0.15) is 13.2 Å². The van der Waals surface area contributed by atoms with Crippen LogP contribution in [0.5, 0.6) is 11.5 Å². The average Bonchev–Trinajstić information content (AvgIpc) is 3.01. The number of fused-ring (bicyclic) bond motifs is 2. The fourth-order valence-electron chi connectivity index (χ4n) is 4.75. The number of amides is 1. The molecule has 2 atom stereocenters. The van der Waals surface area contributed by atoms with Gasteiger partial charge < -0.3 is 14.2 Å². The van der Waals surface area contributed by atoms with E-state index in [1.54, 1.807) is 12.1 Å². The zero-order valence-corrected chi connectivity index (χ0v) is 19.5. The third kappa shape index (κ3) is 4.10. The smallest absolute Gasteiger partial charge is 0.300 e. The Morgan fingerprint density at radius 3 is 2.15 bits per heavy atom. The summed E-state index contributed by atoms with van der Waals surface area (Å²) < 4.78 is 46.0. The van der Waals surface area contributed by atoms with E-state index in [1.165, 1.54) is 13.5 Å². The second-order valence-electron chi connectivity index (χ2n) is 8.82. The molecule has 11 nitrogen and oxygen atoms in total. The summed E-state index contributed by atoms with van der Waals surface area (Å²) in [6, 6.07) is 3.24. The number of piperazine rings is 1. The minimum atomic E-state index is -3.59. The van der Waals surface area contributed by atoms with E-state index < -0.39 is 21.9 Å². The number of hydrogen-bond donors (Lipinski definition) is 0. The number of Topliss-reactive ketones (excluding diaryl/α,β-unsaturated/α-hetero) is 1. The normalized spacial score (nSPS) is 27.2. The van der Waals surface area contributed by atoms with E-state index >= 15 is 0 Å². The van der Waals surface area contributed by atoms with Crippen molar-refractivity contribution in [2.75, 3.05) is 64.1 Å². The Balaban J connectivity index is 1.26. The number of carbonyl (C=O) groups is 2. The van der Waals surface area contributed by atoms with Gasteiger partial charge in [-0.2, -0.15) is 17.0 Å². The van der Waals surface area contributed by atoms with Gasteiger partial charge >= 0.3 is 5.91 Å². The number of nitrogens with zero attached hydrogens (tertiary/aromatic N) is 4. The minimum absolute atomic E-state index is 0.149. The lowest BCUT2D eigenvalue weighted by atomic mass is 10.1. The van der Waals surface area contributed by atoms with E-state index in [1.807, 2.05) is 18.7 Å². The Labute approximate surface area is 192 Å². The average molecular weight is 481 g/mol. The van der Waals surface area contributed by atoms with Gasteiger partial charge in [0.25, 0.3) is 16.0 Å². The summed E-state index contributed by atoms with van der Waals surface area (Å²) in [7, 11) is -3.59. The van der Waals surface area contributed by atoms with Gasteiger partial charge in [-0.1, -0.05) is 0 Å². The lowest BCUT2D eigenvalue weighted by molar-refractivity contribution is -0.114. The van der Waals surface area contributed by atoms with Crippen molar-refractivity contribution in [3.8, 4) is 11.5 Å². The molecule has 1 amide bonds. The van der Waals surface area contributed by atoms with Gasteiger partial charge in [-0.3, -0.25) is 19.4 Å². The van der Waals surface area contributed by atoms with Crippen LogP contribution >= 0.6 is 0 Å². The third-order valence-corrected chi connectivity index (χ3v) is 8.32. The highest BCUT2D eigenvalue weighted by molar-refractivity contribution is 7.86. The lowest BCUT2D eigenvalue weighted by Gasteiger charge is -2.40. The van der Waals surface area contributed by atoms with Crippen LogP contribution < -0.4 is 14.4 Å². The summed E-state index contributed by atoms with van der Waals surface area (Å²) in [6.45, 7) is 6.95. The van der Waals surface area contributed by atoms with E-state index in [4.69, 9.17) is 14.2 Å². The highest BCUT2D eigenvalue weighted by atomic mass is 32.2. The molecule has 0 radical (unpaired) electrons. The number of ketones is 1. The van der Waals surface area contributed by atoms with Crippen molar-refractivity contribution in [1.82, 2.24) is 13.5 Å². The van der Waals surface area contributed by atoms with E-state index in [-0.39, 0.29) is 18.9 Å². The molecule has 4 aliphatic heterocycles. The van der Waals surface area contributed by atoms with Crippen LogP contribution in [0.15, 0.2) is 12.1 Å². The summed E-state index contributed by atoms with van der Waals surface area (Å²) in [6.07, 6.45) is -0.299. The molecular weight excluding hydrogens is 452 g/mol. The molecule has 0 aromatic heterocycles. The van der Waals surface area contributed by atoms with Crippen LogP contribution in [0.2, 0.25) is 0 Å². The van der Waals surface area contributed by atoms with Crippen molar-refractivity contribution in [2.45, 2.75) is 26.1 Å². The lowest BCUT2D eigenvalue weighted by Crippen LogP contribution is -2.58. The van der Waals surface area contributed by atoms with Crippen molar-refractivity contribution in [3.63, 3.8) is 0 Å². The maximum atomic E-state index is 13.1. The number of ether oxygens (including phenoxy) is 3. The van der Waals surface area contributed by atoms with E-state index in [0.29, 0.717) is 75.2 Å². The molecule has 12 heteroatoms. The first kappa shape index (κ1) is 22.5. The van der Waals surface area contributed by atoms with Crippen molar-refractivity contribution in [1.29, 1.82) is 0 Å². The standard InChI is InChI=1S/C21H28N4O7S/c1-14-11-24(12-15(2)32-14)33(28,29)23-5-3-22(4-6-23)13-25-17-10-19-18(30-7-8-31-19)9-16(17)20(26)21(25)27/h9-10,14-15H,3-8,11-13H2,1-2H3. The van der Waals surface area contributed by atoms with Crippen LogP contribution in [0.4, 0.5) is 5.69 Å². The molecule has 0 N–H and O–H groups in total. The zero-order valence-electron chi connectivity index (χ0n) is 18.7. The predicted molar refractivity (Wildman–Crippen MR) is 118 cm³/mol. The first-order valence-electron chi connectivity index (χ1n) is 11.2. The summed E-state index contributed by atoms with van der Waals surface area (Å²) in [5.74, 6) is -0.191. The summed E-state index contributed by atoms with van der Waals surface area (Å²) in [5, 5.41) is 0. The van der Waals surface area contributed by atoms with Crippen molar-refractivity contribution in [3.05, 3.63) is 17.7 Å². The first-order chi connectivity index (χ1) is 15.7. The van der Waals surface area contributed by atoms with Crippen LogP contribution in [-0.2, 0) is 19.7 Å². The molecular formula is C21H28N4O7S. The molecule has 1 aromatic rings. The Morgan fingerprint density at radius 2 is 1.52 bits per heavy atom. The first-order valence-corrected chi connectivity index (χ1v) is 12.6. The highest BCUT2D eigenvalue weighted by Crippen LogP contribution is 2.40. The molecule has 2 fully saturated rings. The molecule has 0 spiro atoms. The second kappa shape index (κ2) is 8.51. The number of anilines is 1. The van der Waals surface area contributed by atoms with E-state index in [2.05, 4.69) is 0 Å². The van der Waals surface area contributed by atoms with Crippen molar-refractivity contribution >= 4 is 27.6 Å². The zero-order chi connectivity index (χ0) is 23.3. The molecule has 0 saturated carbocycles. The van der Waals surface area contributed by atoms with E-state index in [0.717, 1.165) is 0 Å². The molecule has 180 valence electrons. The third-order valence-electron chi connectivity index (χ3n) is 6.35. The molecule has 2 saturated heterocycles. The largest absolute Gasteiger partial charge is 0.486 e. The molecule has 2 unspecified atom stereocenters. The van der Waals surface area contributed by atoms with Gasteiger partial charge in [0.15, 0.2) is 11.5 Å². The number of benzene rings is 1. The molecule has 4 aliphatic rings. The number of hydrogen-bond acceptors (Lipinski definition) is 8. The van der Waals surface area contributed by atoms with Gasteiger partial charge in [0.05, 0.1) is 30.1 Å². The van der Waals surface area contributed by atoms with Crippen LogP contribution in [0.25, 0.3) is 0 Å². The maximum absolute atomic E-state index is 13.1. The summed E-state index contributed by atoms with van der Waals surface area (Å²) >= 11 is 0. The van der Waals surface area contributed by atoms with Gasteiger partial charge in [0.2, 0.25) is 0 Å². The van der Waals surface area contributed by atoms with Crippen LogP contribution in [0.3, 0.4) is 0 Å². The molecule has 33 heavy (non-hydrogen) atoms. The maximum Gasteiger partial charge on any atom is 0.300 e. The Bertz CT molecular complexity index is 1060. The number of carbonyl (C=O) groups excluding carboxylic acids is 2. The summed E-state index contributed by atoms with van der Waals surface area (Å²) in [5.41, 5.74) is 0.807. The Morgan fingerprint density at radius 1 is 0.909 bits per heavy atom. The molecule has 0 bridgehead atoms. The topological polar surface area (TPSA) is 109 Å². The number of morpholine rings is 1. The van der Waals surface area contributed by atoms with Crippen molar-refractivity contribution in [2.24, 2.45) is 0 Å². The predicted octanol–water partition coefficient (Wildman–Crippen LogP) is -0.0838. The Kier molecular flexibility index (Phi) is 5.81. The highest BCUT2D eigenvalue weighted by Gasteiger charge is 2.40. The van der Waals surface area contributed by atoms with Gasteiger partial charge in [-0.05, 0) is 19.9 Å². The summed E-state index contributed by atoms with van der Waals surface area (Å²) in [4.78, 5) is 28.6. The second-order valence-corrected chi connectivity index (χ2v) is 10.7. The minimum Gasteiger partial charge on any atom is -0.486 e. The quantitative estimate of drug-likeness (QED) is 0.551. The monoisotopic (exact) mass is 480 g/mol. The molecule has 1 aromatic carbocycles. The number of rotatable bonds is 4. The van der Waals surface area contributed by atoms with E-state index in [9.17, 15) is 18.0 Å². The SMILES string of the molecule is CC1CN(S(=O)(=O)N2CCN(CN3C(=O)C(=O)c4cc5c(cc43)OCCO5)CC2)CC(C)O1. The fourth-order valence-corrected chi connectivity index (χ4v) is 6.50. The molecule has 0 aliphatic carbocycles. The van der Waals surface area contributed by atoms with Gasteiger partial charge in [-0.15, -0.1) is 0 Å². The van der Waals surface area contributed by atoms with Crippen LogP contribution in [-0.4, -0.2) is 105 Å². The van der Waals surface area contributed by atoms with Gasteiger partial charge in [0, 0.05) is 45.3 Å². The van der Waals surface area contributed by atoms with Crippen LogP contribution in [0, 0.1) is 0 Å². The van der Waals surface area contributed by atoms with Crippen molar-refractivity contribution < 1.29 is 32.2 Å². The fraction of sp³-hybridized carbons (Fsp3) is 0.619. The molecule has 4 heterocycles. The molecule has 5 rings (SSSR count). The van der Waals surface area contributed by atoms with Crippen LogP contribution in [0.1, 0.15) is 24.2 Å².